The Morgan fingerprint density at radius 2 is 1.89 bits per heavy atom. The molecule has 0 amide bonds. The highest BCUT2D eigenvalue weighted by Crippen LogP contribution is 2.25. The minimum Gasteiger partial charge on any atom is -0.437 e. The van der Waals surface area contributed by atoms with E-state index in [1.54, 1.807) is 4.52 Å². The summed E-state index contributed by atoms with van der Waals surface area (Å²) >= 11 is 5.90. The second kappa shape index (κ2) is 4.31. The van der Waals surface area contributed by atoms with E-state index in [1.165, 1.54) is 0 Å². The lowest BCUT2D eigenvalue weighted by atomic mass is 10.3. The summed E-state index contributed by atoms with van der Waals surface area (Å²) in [7, 11) is 0. The number of para-hydroxylation sites is 1. The molecule has 0 spiro atoms. The molecule has 0 atom stereocenters. The molecule has 90 valence electrons. The molecule has 3 aromatic rings. The van der Waals surface area contributed by atoms with Crippen LogP contribution in [-0.2, 0) is 0 Å². The van der Waals surface area contributed by atoms with Gasteiger partial charge in [-0.3, -0.25) is 0 Å². The van der Waals surface area contributed by atoms with Crippen LogP contribution in [0.5, 0.6) is 11.6 Å². The normalized spacial score (nSPS) is 10.8. The molecule has 2 aromatic heterocycles. The molecule has 4 nitrogen and oxygen atoms in total. The van der Waals surface area contributed by atoms with Crippen molar-refractivity contribution < 1.29 is 4.74 Å². The molecule has 0 radical (unpaired) electrons. The number of hydrogen-bond donors (Lipinski definition) is 0. The lowest BCUT2D eigenvalue weighted by Crippen LogP contribution is -1.99. The first-order chi connectivity index (χ1) is 8.74. The van der Waals surface area contributed by atoms with Crippen molar-refractivity contribution in [2.24, 2.45) is 0 Å². The third kappa shape index (κ3) is 1.91. The van der Waals surface area contributed by atoms with Gasteiger partial charge in [0, 0.05) is 5.69 Å². The van der Waals surface area contributed by atoms with Gasteiger partial charge in [-0.25, -0.2) is 4.52 Å². The highest BCUT2D eigenvalue weighted by atomic mass is 35.5. The lowest BCUT2D eigenvalue weighted by molar-refractivity contribution is 0.463. The summed E-state index contributed by atoms with van der Waals surface area (Å²) in [5.41, 5.74) is 1.77. The number of benzene rings is 1. The molecule has 2 heterocycles. The lowest BCUT2D eigenvalue weighted by Gasteiger charge is -2.06. The minimum atomic E-state index is 0.160. The Morgan fingerprint density at radius 3 is 2.67 bits per heavy atom. The van der Waals surface area contributed by atoms with E-state index in [4.69, 9.17) is 16.3 Å². The van der Waals surface area contributed by atoms with Gasteiger partial charge < -0.3 is 4.74 Å². The van der Waals surface area contributed by atoms with Crippen LogP contribution >= 0.6 is 11.6 Å². The van der Waals surface area contributed by atoms with E-state index in [1.807, 2.05) is 49.4 Å². The Hall–Kier alpha value is -2.07. The molecule has 0 unspecified atom stereocenters. The Bertz CT molecular complexity index is 694. The van der Waals surface area contributed by atoms with Crippen LogP contribution in [0.25, 0.3) is 5.52 Å². The molecule has 0 aliphatic rings. The standard InChI is InChI=1S/C13H10ClN3O/c1-9-7-8-11-12(15-13(14)16-17(9)11)18-10-5-3-2-4-6-10/h2-8H,1H3. The maximum Gasteiger partial charge on any atom is 0.248 e. The molecule has 1 aromatic carbocycles. The van der Waals surface area contributed by atoms with Gasteiger partial charge in [0.1, 0.15) is 11.3 Å². The van der Waals surface area contributed by atoms with E-state index in [0.29, 0.717) is 11.6 Å². The van der Waals surface area contributed by atoms with Gasteiger partial charge in [0.25, 0.3) is 0 Å². The zero-order chi connectivity index (χ0) is 12.5. The molecule has 0 aliphatic heterocycles. The molecule has 0 N–H and O–H groups in total. The number of nitrogens with zero attached hydrogens (tertiary/aromatic N) is 3. The number of aromatic nitrogens is 3. The van der Waals surface area contributed by atoms with Gasteiger partial charge in [0.2, 0.25) is 11.2 Å². The van der Waals surface area contributed by atoms with E-state index in [0.717, 1.165) is 11.2 Å². The van der Waals surface area contributed by atoms with E-state index in [2.05, 4.69) is 10.1 Å². The van der Waals surface area contributed by atoms with E-state index in [-0.39, 0.29) is 5.28 Å². The second-order valence-corrected chi connectivity index (χ2v) is 4.21. The van der Waals surface area contributed by atoms with Crippen molar-refractivity contribution in [2.45, 2.75) is 6.92 Å². The van der Waals surface area contributed by atoms with Crippen LogP contribution in [0.2, 0.25) is 5.28 Å². The summed E-state index contributed by atoms with van der Waals surface area (Å²) in [4.78, 5) is 4.12. The predicted octanol–water partition coefficient (Wildman–Crippen LogP) is 3.48. The van der Waals surface area contributed by atoms with Gasteiger partial charge >= 0.3 is 0 Å². The first kappa shape index (κ1) is 11.0. The van der Waals surface area contributed by atoms with Gasteiger partial charge in [-0.15, -0.1) is 5.10 Å². The smallest absolute Gasteiger partial charge is 0.248 e. The fourth-order valence-electron chi connectivity index (χ4n) is 1.75. The van der Waals surface area contributed by atoms with E-state index in [9.17, 15) is 0 Å². The number of fused-ring (bicyclic) bond motifs is 1. The van der Waals surface area contributed by atoms with Gasteiger partial charge in [-0.05, 0) is 42.8 Å². The maximum absolute atomic E-state index is 5.90. The van der Waals surface area contributed by atoms with Gasteiger partial charge in [-0.2, -0.15) is 4.98 Å². The van der Waals surface area contributed by atoms with Crippen LogP contribution in [0.15, 0.2) is 42.5 Å². The highest BCUT2D eigenvalue weighted by molar-refractivity contribution is 6.28. The van der Waals surface area contributed by atoms with Gasteiger partial charge in [0.05, 0.1) is 0 Å². The summed E-state index contributed by atoms with van der Waals surface area (Å²) < 4.78 is 7.45. The zero-order valence-electron chi connectivity index (χ0n) is 9.67. The minimum absolute atomic E-state index is 0.160. The molecular formula is C13H10ClN3O. The molecule has 0 fully saturated rings. The Balaban J connectivity index is 2.11. The van der Waals surface area contributed by atoms with Crippen LogP contribution in [0.3, 0.4) is 0 Å². The van der Waals surface area contributed by atoms with Crippen molar-refractivity contribution in [2.75, 3.05) is 0 Å². The first-order valence-corrected chi connectivity index (χ1v) is 5.86. The van der Waals surface area contributed by atoms with E-state index < -0.39 is 0 Å². The van der Waals surface area contributed by atoms with E-state index >= 15 is 0 Å². The predicted molar refractivity (Wildman–Crippen MR) is 69.3 cm³/mol. The number of rotatable bonds is 2. The van der Waals surface area contributed by atoms with Crippen molar-refractivity contribution in [3.05, 3.63) is 53.4 Å². The summed E-state index contributed by atoms with van der Waals surface area (Å²) in [6.07, 6.45) is 0. The number of halogens is 1. The van der Waals surface area contributed by atoms with Crippen molar-refractivity contribution in [1.29, 1.82) is 0 Å². The Morgan fingerprint density at radius 1 is 1.11 bits per heavy atom. The molecule has 3 rings (SSSR count). The Labute approximate surface area is 109 Å². The maximum atomic E-state index is 5.90. The quantitative estimate of drug-likeness (QED) is 0.707. The summed E-state index contributed by atoms with van der Waals surface area (Å²) in [5.74, 6) is 1.17. The monoisotopic (exact) mass is 259 g/mol. The fraction of sp³-hybridized carbons (Fsp3) is 0.0769. The van der Waals surface area contributed by atoms with Crippen molar-refractivity contribution in [3.8, 4) is 11.6 Å². The SMILES string of the molecule is Cc1ccc2c(Oc3ccccc3)nc(Cl)nn12. The third-order valence-corrected chi connectivity index (χ3v) is 2.76. The average molecular weight is 260 g/mol. The van der Waals surface area contributed by atoms with Crippen molar-refractivity contribution in [1.82, 2.24) is 14.6 Å². The summed E-state index contributed by atoms with van der Waals surface area (Å²) in [5, 5.41) is 4.29. The summed E-state index contributed by atoms with van der Waals surface area (Å²) in [6.45, 7) is 1.95. The highest BCUT2D eigenvalue weighted by Gasteiger charge is 2.10. The molecular weight excluding hydrogens is 250 g/mol. The van der Waals surface area contributed by atoms with Crippen LogP contribution in [0.1, 0.15) is 5.69 Å². The number of aryl methyl sites for hydroxylation is 1. The zero-order valence-corrected chi connectivity index (χ0v) is 10.4. The topological polar surface area (TPSA) is 39.4 Å². The summed E-state index contributed by atoms with van der Waals surface area (Å²) in [6, 6.07) is 13.3. The fourth-order valence-corrected chi connectivity index (χ4v) is 1.90. The Kier molecular flexibility index (Phi) is 2.64. The molecule has 0 aliphatic carbocycles. The third-order valence-electron chi connectivity index (χ3n) is 2.60. The van der Waals surface area contributed by atoms with Crippen LogP contribution in [-0.4, -0.2) is 14.6 Å². The van der Waals surface area contributed by atoms with Gasteiger partial charge in [-0.1, -0.05) is 18.2 Å². The van der Waals surface area contributed by atoms with Crippen LogP contribution in [0, 0.1) is 6.92 Å². The second-order valence-electron chi connectivity index (χ2n) is 3.87. The van der Waals surface area contributed by atoms with Crippen molar-refractivity contribution >= 4 is 17.1 Å². The van der Waals surface area contributed by atoms with Crippen LogP contribution < -0.4 is 4.74 Å². The molecule has 5 heteroatoms. The number of hydrogen-bond acceptors (Lipinski definition) is 3. The van der Waals surface area contributed by atoms with Crippen LogP contribution in [0.4, 0.5) is 0 Å². The molecule has 18 heavy (non-hydrogen) atoms. The molecule has 0 saturated heterocycles. The molecule has 0 bridgehead atoms. The van der Waals surface area contributed by atoms with Gasteiger partial charge in [0.15, 0.2) is 0 Å². The largest absolute Gasteiger partial charge is 0.437 e. The number of ether oxygens (including phenoxy) is 1. The molecule has 0 saturated carbocycles. The van der Waals surface area contributed by atoms with Crippen molar-refractivity contribution in [3.63, 3.8) is 0 Å². The first-order valence-electron chi connectivity index (χ1n) is 5.49. The average Bonchev–Trinajstić information content (AvgIpc) is 2.73.